The zero-order valence-electron chi connectivity index (χ0n) is 15.1. The van der Waals surface area contributed by atoms with Crippen LogP contribution in [0.3, 0.4) is 0 Å². The molecule has 24 heavy (non-hydrogen) atoms. The van der Waals surface area contributed by atoms with E-state index in [0.29, 0.717) is 0 Å². The van der Waals surface area contributed by atoms with Crippen molar-refractivity contribution in [2.24, 2.45) is 0 Å². The first-order valence-electron chi connectivity index (χ1n) is 7.72. The van der Waals surface area contributed by atoms with Crippen LogP contribution in [-0.2, 0) is 28.1 Å². The van der Waals surface area contributed by atoms with Crippen LogP contribution in [0.25, 0.3) is 16.9 Å². The molecule has 0 aliphatic heterocycles. The minimum Gasteiger partial charge on any atom is -1.00 e. The van der Waals surface area contributed by atoms with E-state index in [9.17, 15) is 0 Å². The summed E-state index contributed by atoms with van der Waals surface area (Å²) in [5.74, 6) is 0. The Morgan fingerprint density at radius 3 is 1.92 bits per heavy atom. The minimum absolute atomic E-state index is 0. The molecule has 0 heterocycles. The van der Waals surface area contributed by atoms with Crippen molar-refractivity contribution in [2.45, 2.75) is 45.8 Å². The zero-order chi connectivity index (χ0) is 15.6. The van der Waals surface area contributed by atoms with E-state index in [4.69, 9.17) is 5.73 Å². The van der Waals surface area contributed by atoms with Gasteiger partial charge in [0, 0.05) is 0 Å². The first kappa shape index (κ1) is 26.1. The molecule has 0 spiro atoms. The summed E-state index contributed by atoms with van der Waals surface area (Å²) < 4.78 is 0. The smallest absolute Gasteiger partial charge is 1.00 e. The summed E-state index contributed by atoms with van der Waals surface area (Å²) in [6.07, 6.45) is 1.15. The van der Waals surface area contributed by atoms with Gasteiger partial charge >= 0.3 is 21.7 Å². The molecular formula is C19H26Cl2NSiTi. The molecule has 1 aliphatic carbocycles. The SMILES string of the molecule is CC(C)(C)[NH-].C[SiH](C)c1cccc2c1Cc1ccccc1-2.[Cl-].[Cl-].[Ti+3]. The molecule has 0 amide bonds. The third kappa shape index (κ3) is 7.03. The molecule has 2 aromatic carbocycles. The monoisotopic (exact) mass is 414 g/mol. The van der Waals surface area contributed by atoms with Crippen molar-refractivity contribution < 1.29 is 46.5 Å². The maximum absolute atomic E-state index is 6.94. The standard InChI is InChI=1S/C15H16Si.C4H10N.2ClH.Ti/c1-16(2)15-9-5-8-13-12-7-4-3-6-11(12)10-14(13)15;1-4(2,3)5;;;/h3-9,16H,10H2,1-2H3;5H,1-3H3;2*1H;/q;-1;;;+3/p-2. The van der Waals surface area contributed by atoms with Gasteiger partial charge < -0.3 is 30.5 Å². The second-order valence-electron chi connectivity index (χ2n) is 7.11. The normalized spacial score (nSPS) is 11.0. The van der Waals surface area contributed by atoms with Gasteiger partial charge in [-0.25, -0.2) is 0 Å². The number of halogens is 2. The summed E-state index contributed by atoms with van der Waals surface area (Å²) in [7, 11) is -0.705. The van der Waals surface area contributed by atoms with Crippen LogP contribution in [-0.4, -0.2) is 14.3 Å². The van der Waals surface area contributed by atoms with Gasteiger partial charge in [0.15, 0.2) is 0 Å². The molecule has 5 heteroatoms. The van der Waals surface area contributed by atoms with Crippen LogP contribution in [0.5, 0.6) is 0 Å². The van der Waals surface area contributed by atoms with Gasteiger partial charge in [-0.15, -0.1) is 5.54 Å². The molecule has 0 atom stereocenters. The molecule has 0 saturated carbocycles. The molecule has 2 aromatic rings. The number of benzene rings is 2. The van der Waals surface area contributed by atoms with E-state index in [-0.39, 0.29) is 52.1 Å². The van der Waals surface area contributed by atoms with E-state index in [1.807, 2.05) is 20.8 Å². The van der Waals surface area contributed by atoms with Crippen molar-refractivity contribution in [3.05, 3.63) is 59.3 Å². The Kier molecular flexibility index (Phi) is 11.8. The van der Waals surface area contributed by atoms with Crippen LogP contribution in [0, 0.1) is 0 Å². The van der Waals surface area contributed by atoms with Crippen molar-refractivity contribution in [3.8, 4) is 11.1 Å². The fourth-order valence-electron chi connectivity index (χ4n) is 2.72. The van der Waals surface area contributed by atoms with Crippen LogP contribution in [0.15, 0.2) is 42.5 Å². The van der Waals surface area contributed by atoms with Crippen molar-refractivity contribution in [1.82, 2.24) is 0 Å². The largest absolute Gasteiger partial charge is 3.00 e. The Morgan fingerprint density at radius 1 is 0.875 bits per heavy atom. The molecule has 1 radical (unpaired) electrons. The average molecular weight is 415 g/mol. The van der Waals surface area contributed by atoms with Crippen LogP contribution in [0.2, 0.25) is 13.1 Å². The van der Waals surface area contributed by atoms with Crippen LogP contribution in [0.1, 0.15) is 31.9 Å². The quantitative estimate of drug-likeness (QED) is 0.446. The van der Waals surface area contributed by atoms with Crippen LogP contribution >= 0.6 is 0 Å². The van der Waals surface area contributed by atoms with E-state index in [1.165, 1.54) is 16.7 Å². The molecule has 0 unspecified atom stereocenters. The molecule has 0 saturated heterocycles. The predicted octanol–water partition coefficient (Wildman–Crippen LogP) is -1.21. The minimum atomic E-state index is -0.705. The van der Waals surface area contributed by atoms with Crippen LogP contribution < -0.4 is 30.0 Å². The number of fused-ring (bicyclic) bond motifs is 3. The van der Waals surface area contributed by atoms with Crippen molar-refractivity contribution >= 4 is 14.0 Å². The zero-order valence-corrected chi connectivity index (χ0v) is 19.3. The molecule has 129 valence electrons. The Morgan fingerprint density at radius 2 is 1.38 bits per heavy atom. The van der Waals surface area contributed by atoms with E-state index in [0.717, 1.165) is 6.42 Å². The Bertz CT molecular complexity index is 634. The molecule has 3 rings (SSSR count). The van der Waals surface area contributed by atoms with E-state index in [2.05, 4.69) is 55.6 Å². The van der Waals surface area contributed by atoms with Gasteiger partial charge in [0.2, 0.25) is 0 Å². The van der Waals surface area contributed by atoms with Crippen molar-refractivity contribution in [3.63, 3.8) is 0 Å². The summed E-state index contributed by atoms with van der Waals surface area (Å²) in [5.41, 5.74) is 12.7. The van der Waals surface area contributed by atoms with E-state index in [1.54, 1.807) is 10.8 Å². The fraction of sp³-hybridized carbons (Fsp3) is 0.368. The summed E-state index contributed by atoms with van der Waals surface area (Å²) in [6, 6.07) is 15.7. The van der Waals surface area contributed by atoms with Gasteiger partial charge in [0.25, 0.3) is 0 Å². The van der Waals surface area contributed by atoms with Crippen molar-refractivity contribution in [2.75, 3.05) is 0 Å². The third-order valence-corrected chi connectivity index (χ3v) is 5.29. The first-order valence-corrected chi connectivity index (χ1v) is 10.6. The summed E-state index contributed by atoms with van der Waals surface area (Å²) in [5, 5.41) is 1.65. The van der Waals surface area contributed by atoms with Gasteiger partial charge in [-0.1, -0.05) is 81.5 Å². The molecular weight excluding hydrogens is 389 g/mol. The topological polar surface area (TPSA) is 23.8 Å². The maximum Gasteiger partial charge on any atom is 3.00 e. The second-order valence-corrected chi connectivity index (χ2v) is 10.0. The summed E-state index contributed by atoms with van der Waals surface area (Å²) >= 11 is 0. The van der Waals surface area contributed by atoms with Gasteiger partial charge in [-0.05, 0) is 28.7 Å². The fourth-order valence-corrected chi connectivity index (χ4v) is 4.17. The number of hydrogen-bond donors (Lipinski definition) is 0. The number of hydrogen-bond acceptors (Lipinski definition) is 0. The number of rotatable bonds is 1. The molecule has 0 aromatic heterocycles. The average Bonchev–Trinajstić information content (AvgIpc) is 2.74. The summed E-state index contributed by atoms with van der Waals surface area (Å²) in [6.45, 7) is 10.4. The number of nitrogens with one attached hydrogen (secondary N) is 1. The summed E-state index contributed by atoms with van der Waals surface area (Å²) in [4.78, 5) is 0. The second kappa shape index (κ2) is 10.8. The van der Waals surface area contributed by atoms with Gasteiger partial charge in [0.05, 0.1) is 8.80 Å². The molecule has 0 fully saturated rings. The van der Waals surface area contributed by atoms with E-state index >= 15 is 0 Å². The van der Waals surface area contributed by atoms with Gasteiger partial charge in [-0.3, -0.25) is 0 Å². The van der Waals surface area contributed by atoms with E-state index < -0.39 is 8.80 Å². The molecule has 1 aliphatic rings. The Hall–Kier alpha value is -0.0888. The maximum atomic E-state index is 6.94. The van der Waals surface area contributed by atoms with Crippen molar-refractivity contribution in [1.29, 1.82) is 0 Å². The van der Waals surface area contributed by atoms with Gasteiger partial charge in [-0.2, -0.15) is 0 Å². The molecule has 0 bridgehead atoms. The molecule has 1 nitrogen and oxygen atoms in total. The Balaban J connectivity index is 0. The molecule has 1 N–H and O–H groups in total. The van der Waals surface area contributed by atoms with Gasteiger partial charge in [0.1, 0.15) is 0 Å². The first-order chi connectivity index (χ1) is 9.77. The third-order valence-electron chi connectivity index (χ3n) is 3.51. The predicted molar refractivity (Wildman–Crippen MR) is 97.3 cm³/mol. The Labute approximate surface area is 176 Å². The van der Waals surface area contributed by atoms with Crippen LogP contribution in [0.4, 0.5) is 0 Å².